The van der Waals surface area contributed by atoms with E-state index < -0.39 is 36.3 Å². The van der Waals surface area contributed by atoms with Crippen molar-refractivity contribution in [1.29, 1.82) is 5.26 Å². The van der Waals surface area contributed by atoms with Crippen LogP contribution in [0.1, 0.15) is 5.56 Å². The molecule has 200 valence electrons. The Morgan fingerprint density at radius 2 is 1.65 bits per heavy atom. The van der Waals surface area contributed by atoms with E-state index in [0.29, 0.717) is 16.9 Å². The average Bonchev–Trinajstić information content (AvgIpc) is 3.56. The summed E-state index contributed by atoms with van der Waals surface area (Å²) in [6.07, 6.45) is 1.24. The number of anilines is 1. The quantitative estimate of drug-likeness (QED) is 0.310. The fraction of sp³-hybridized carbons (Fsp3) is 0.143. The molecule has 0 bridgehead atoms. The normalized spacial score (nSPS) is 10.8. The molecule has 0 aliphatic carbocycles. The Balaban J connectivity index is 1.35. The summed E-state index contributed by atoms with van der Waals surface area (Å²) in [5.74, 6) is -1.23. The number of hydrogen-bond donors (Lipinski definition) is 1. The van der Waals surface area contributed by atoms with E-state index in [1.807, 2.05) is 60.7 Å². The number of aromatic nitrogens is 4. The van der Waals surface area contributed by atoms with Gasteiger partial charge in [0.2, 0.25) is 5.88 Å². The number of carbonyl (C=O) groups excluding carboxylic acids is 2. The molecular weight excluding hydrogens is 516 g/mol. The van der Waals surface area contributed by atoms with E-state index >= 15 is 0 Å². The molecule has 3 heterocycles. The van der Waals surface area contributed by atoms with Crippen LogP contribution in [0.4, 0.5) is 5.88 Å². The third-order valence-corrected chi connectivity index (χ3v) is 6.25. The first-order chi connectivity index (χ1) is 19.3. The molecule has 0 saturated carbocycles. The van der Waals surface area contributed by atoms with Gasteiger partial charge >= 0.3 is 11.7 Å². The standard InChI is InChI=1S/C28H22N6O6/c1-32-25-23(27(37)33(2)28(32)38)34(16-30-25)14-21(36)39-15-20(35)31-26-19(13-29)22(17-9-5-3-6-10-17)24(40-26)18-11-7-4-8-12-18/h3-12,16H,14-15H2,1-2H3,(H,31,35). The minimum absolute atomic E-state index is 0.0436. The van der Waals surface area contributed by atoms with Crippen LogP contribution in [0, 0.1) is 11.3 Å². The zero-order valence-corrected chi connectivity index (χ0v) is 21.5. The van der Waals surface area contributed by atoms with Crippen LogP contribution in [-0.4, -0.2) is 37.2 Å². The number of nitriles is 1. The van der Waals surface area contributed by atoms with Gasteiger partial charge in [0.25, 0.3) is 11.5 Å². The number of furan rings is 1. The van der Waals surface area contributed by atoms with E-state index in [0.717, 1.165) is 10.1 Å². The van der Waals surface area contributed by atoms with E-state index in [-0.39, 0.29) is 22.6 Å². The molecule has 12 nitrogen and oxygen atoms in total. The summed E-state index contributed by atoms with van der Waals surface area (Å²) in [6, 6.07) is 20.4. The Morgan fingerprint density at radius 3 is 2.30 bits per heavy atom. The number of hydrogen-bond acceptors (Lipinski definition) is 8. The second-order valence-electron chi connectivity index (χ2n) is 8.81. The van der Waals surface area contributed by atoms with Gasteiger partial charge in [0, 0.05) is 25.2 Å². The smallest absolute Gasteiger partial charge is 0.332 e. The van der Waals surface area contributed by atoms with E-state index in [1.54, 1.807) is 0 Å². The maximum Gasteiger partial charge on any atom is 0.332 e. The van der Waals surface area contributed by atoms with Crippen molar-refractivity contribution >= 4 is 28.9 Å². The van der Waals surface area contributed by atoms with Gasteiger partial charge < -0.3 is 13.7 Å². The first-order valence-corrected chi connectivity index (χ1v) is 12.0. The Bertz CT molecular complexity index is 1910. The highest BCUT2D eigenvalue weighted by atomic mass is 16.5. The number of aryl methyl sites for hydroxylation is 1. The molecule has 5 aromatic rings. The Morgan fingerprint density at radius 1 is 1.00 bits per heavy atom. The second-order valence-corrected chi connectivity index (χ2v) is 8.81. The molecule has 1 amide bonds. The molecule has 0 atom stereocenters. The molecule has 5 rings (SSSR count). The second kappa shape index (κ2) is 10.6. The molecule has 40 heavy (non-hydrogen) atoms. The first kappa shape index (κ1) is 25.9. The van der Waals surface area contributed by atoms with E-state index in [4.69, 9.17) is 9.15 Å². The van der Waals surface area contributed by atoms with Crippen molar-refractivity contribution in [3.8, 4) is 28.5 Å². The number of benzene rings is 2. The summed E-state index contributed by atoms with van der Waals surface area (Å²) >= 11 is 0. The number of nitrogens with zero attached hydrogens (tertiary/aromatic N) is 5. The SMILES string of the molecule is Cn1c(=O)c2c(ncn2CC(=O)OCC(=O)Nc2oc(-c3ccccc3)c(-c3ccccc3)c2C#N)n(C)c1=O. The third-order valence-electron chi connectivity index (χ3n) is 6.25. The molecule has 2 aromatic carbocycles. The van der Waals surface area contributed by atoms with Gasteiger partial charge in [0.15, 0.2) is 17.8 Å². The number of nitrogens with one attached hydrogen (secondary N) is 1. The van der Waals surface area contributed by atoms with Gasteiger partial charge in [0.05, 0.1) is 6.33 Å². The molecule has 0 spiro atoms. The van der Waals surface area contributed by atoms with Crippen LogP contribution < -0.4 is 16.6 Å². The van der Waals surface area contributed by atoms with Gasteiger partial charge in [-0.25, -0.2) is 9.78 Å². The minimum atomic E-state index is -0.819. The lowest BCUT2D eigenvalue weighted by molar-refractivity contribution is -0.147. The number of rotatable bonds is 7. The van der Waals surface area contributed by atoms with Crippen LogP contribution in [0.3, 0.4) is 0 Å². The molecule has 0 radical (unpaired) electrons. The molecule has 0 aliphatic rings. The van der Waals surface area contributed by atoms with Gasteiger partial charge in [-0.1, -0.05) is 60.7 Å². The summed E-state index contributed by atoms with van der Waals surface area (Å²) in [6.45, 7) is -1.09. The van der Waals surface area contributed by atoms with E-state index in [9.17, 15) is 24.4 Å². The van der Waals surface area contributed by atoms with E-state index in [2.05, 4.69) is 16.4 Å². The molecule has 0 fully saturated rings. The molecule has 3 aromatic heterocycles. The summed E-state index contributed by atoms with van der Waals surface area (Å²) < 4.78 is 14.4. The third kappa shape index (κ3) is 4.67. The minimum Gasteiger partial charge on any atom is -0.454 e. The van der Waals surface area contributed by atoms with Gasteiger partial charge in [-0.3, -0.25) is 28.8 Å². The highest BCUT2D eigenvalue weighted by Gasteiger charge is 2.24. The largest absolute Gasteiger partial charge is 0.454 e. The van der Waals surface area contributed by atoms with Crippen LogP contribution in [0.25, 0.3) is 33.6 Å². The van der Waals surface area contributed by atoms with Gasteiger partial charge in [-0.15, -0.1) is 0 Å². The van der Waals surface area contributed by atoms with E-state index in [1.165, 1.54) is 29.6 Å². The first-order valence-electron chi connectivity index (χ1n) is 12.0. The lowest BCUT2D eigenvalue weighted by Gasteiger charge is -2.07. The summed E-state index contributed by atoms with van der Waals surface area (Å²) in [5.41, 5.74) is 1.06. The molecule has 12 heteroatoms. The fourth-order valence-electron chi connectivity index (χ4n) is 4.31. The van der Waals surface area contributed by atoms with Crippen molar-refractivity contribution in [2.45, 2.75) is 6.54 Å². The monoisotopic (exact) mass is 538 g/mol. The van der Waals surface area contributed by atoms with Gasteiger partial charge in [0.1, 0.15) is 23.9 Å². The predicted octanol–water partition coefficient (Wildman–Crippen LogP) is 2.41. The van der Waals surface area contributed by atoms with Crippen molar-refractivity contribution in [3.63, 3.8) is 0 Å². The maximum absolute atomic E-state index is 12.7. The van der Waals surface area contributed by atoms with Crippen LogP contribution in [0.2, 0.25) is 0 Å². The number of carbonyl (C=O) groups is 2. The topological polar surface area (TPSA) is 154 Å². The predicted molar refractivity (Wildman–Crippen MR) is 144 cm³/mol. The highest BCUT2D eigenvalue weighted by molar-refractivity contribution is 5.96. The number of fused-ring (bicyclic) bond motifs is 1. The zero-order chi connectivity index (χ0) is 28.4. The molecule has 0 aliphatic heterocycles. The van der Waals surface area contributed by atoms with Crippen molar-refractivity contribution in [2.24, 2.45) is 14.1 Å². The number of imidazole rings is 1. The highest BCUT2D eigenvalue weighted by Crippen LogP contribution is 2.41. The van der Waals surface area contributed by atoms with Crippen molar-refractivity contribution < 1.29 is 18.7 Å². The van der Waals surface area contributed by atoms with Crippen LogP contribution >= 0.6 is 0 Å². The maximum atomic E-state index is 12.7. The lowest BCUT2D eigenvalue weighted by atomic mass is 9.98. The van der Waals surface area contributed by atoms with Crippen molar-refractivity contribution in [1.82, 2.24) is 18.7 Å². The van der Waals surface area contributed by atoms with Crippen molar-refractivity contribution in [3.05, 3.63) is 93.4 Å². The van der Waals surface area contributed by atoms with Crippen molar-refractivity contribution in [2.75, 3.05) is 11.9 Å². The van der Waals surface area contributed by atoms with Gasteiger partial charge in [-0.05, 0) is 5.56 Å². The summed E-state index contributed by atoms with van der Waals surface area (Å²) in [5, 5.41) is 12.5. The Hall–Kier alpha value is -5.70. The number of ether oxygens (including phenoxy) is 1. The zero-order valence-electron chi connectivity index (χ0n) is 21.5. The molecular formula is C28H22N6O6. The van der Waals surface area contributed by atoms with Crippen LogP contribution in [0.5, 0.6) is 0 Å². The average molecular weight is 539 g/mol. The number of esters is 1. The Kier molecular flexibility index (Phi) is 6.86. The summed E-state index contributed by atoms with van der Waals surface area (Å²) in [4.78, 5) is 53.9. The summed E-state index contributed by atoms with van der Waals surface area (Å²) in [7, 11) is 2.78. The number of amides is 1. The lowest BCUT2D eigenvalue weighted by Crippen LogP contribution is -2.37. The Labute approximate surface area is 226 Å². The van der Waals surface area contributed by atoms with Gasteiger partial charge in [-0.2, -0.15) is 5.26 Å². The molecule has 0 unspecified atom stereocenters. The molecule has 1 N–H and O–H groups in total. The van der Waals surface area contributed by atoms with Crippen LogP contribution in [-0.2, 0) is 35.0 Å². The fourth-order valence-corrected chi connectivity index (χ4v) is 4.31. The molecule has 0 saturated heterocycles. The van der Waals surface area contributed by atoms with Crippen LogP contribution in [0.15, 0.2) is 81.0 Å².